The van der Waals surface area contributed by atoms with Crippen LogP contribution in [0.3, 0.4) is 0 Å². The van der Waals surface area contributed by atoms with Crippen molar-refractivity contribution in [2.75, 3.05) is 5.32 Å². The molecule has 0 saturated carbocycles. The van der Waals surface area contributed by atoms with Gasteiger partial charge in [-0.05, 0) is 49.1 Å². The summed E-state index contributed by atoms with van der Waals surface area (Å²) < 4.78 is 0. The summed E-state index contributed by atoms with van der Waals surface area (Å²) in [7, 11) is 0. The van der Waals surface area contributed by atoms with Crippen LogP contribution in [0.2, 0.25) is 0 Å². The molecule has 128 valence electrons. The summed E-state index contributed by atoms with van der Waals surface area (Å²) in [6.07, 6.45) is 0.836. The molecule has 3 nitrogen and oxygen atoms in total. The van der Waals surface area contributed by atoms with Crippen molar-refractivity contribution in [2.24, 2.45) is 0 Å². The fourth-order valence-electron chi connectivity index (χ4n) is 2.80. The first-order valence-corrected chi connectivity index (χ1v) is 8.77. The molecule has 0 amide bonds. The Kier molecular flexibility index (Phi) is 5.13. The molecular weight excluding hydrogens is 306 g/mol. The standard InChI is InChI=1S/C22H25N3/c1-15(2)19-9-11-21(12-10-19)23-22-20(13-17(4)24-25-22)14-18-7-5-16(3)6-8-18/h5-13,15H,14H2,1-4H3,(H,23,25). The average Bonchev–Trinajstić information content (AvgIpc) is 2.60. The first-order valence-electron chi connectivity index (χ1n) is 8.77. The summed E-state index contributed by atoms with van der Waals surface area (Å²) in [5.41, 5.74) is 7.01. The minimum Gasteiger partial charge on any atom is -0.338 e. The van der Waals surface area contributed by atoms with Gasteiger partial charge in [0.2, 0.25) is 0 Å². The Morgan fingerprint density at radius 2 is 1.56 bits per heavy atom. The molecule has 0 saturated heterocycles. The van der Waals surface area contributed by atoms with E-state index in [-0.39, 0.29) is 0 Å². The van der Waals surface area contributed by atoms with Gasteiger partial charge in [-0.15, -0.1) is 5.10 Å². The third kappa shape index (κ3) is 4.44. The zero-order chi connectivity index (χ0) is 17.8. The van der Waals surface area contributed by atoms with E-state index in [2.05, 4.69) is 90.9 Å². The first kappa shape index (κ1) is 17.2. The molecule has 0 aliphatic heterocycles. The molecule has 0 spiro atoms. The van der Waals surface area contributed by atoms with E-state index >= 15 is 0 Å². The molecule has 3 rings (SSSR count). The molecule has 2 aromatic carbocycles. The third-order valence-corrected chi connectivity index (χ3v) is 4.35. The molecule has 0 aliphatic rings. The van der Waals surface area contributed by atoms with E-state index in [4.69, 9.17) is 0 Å². The van der Waals surface area contributed by atoms with Crippen molar-refractivity contribution in [1.82, 2.24) is 10.2 Å². The highest BCUT2D eigenvalue weighted by molar-refractivity contribution is 5.60. The predicted molar refractivity (Wildman–Crippen MR) is 105 cm³/mol. The highest BCUT2D eigenvalue weighted by atomic mass is 15.2. The summed E-state index contributed by atoms with van der Waals surface area (Å²) in [4.78, 5) is 0. The smallest absolute Gasteiger partial charge is 0.156 e. The van der Waals surface area contributed by atoms with Crippen LogP contribution in [0, 0.1) is 13.8 Å². The number of aryl methyl sites for hydroxylation is 2. The Morgan fingerprint density at radius 1 is 0.880 bits per heavy atom. The van der Waals surface area contributed by atoms with Crippen LogP contribution in [0.5, 0.6) is 0 Å². The Labute approximate surface area is 150 Å². The molecule has 0 bridgehead atoms. The quantitative estimate of drug-likeness (QED) is 0.666. The Hall–Kier alpha value is -2.68. The van der Waals surface area contributed by atoms with Gasteiger partial charge in [-0.2, -0.15) is 5.10 Å². The molecule has 0 radical (unpaired) electrons. The maximum absolute atomic E-state index is 4.38. The van der Waals surface area contributed by atoms with Gasteiger partial charge in [0.1, 0.15) is 0 Å². The van der Waals surface area contributed by atoms with Gasteiger partial charge in [-0.25, -0.2) is 0 Å². The van der Waals surface area contributed by atoms with Crippen LogP contribution < -0.4 is 5.32 Å². The highest BCUT2D eigenvalue weighted by Crippen LogP contribution is 2.23. The second kappa shape index (κ2) is 7.47. The van der Waals surface area contributed by atoms with Crippen LogP contribution in [0.15, 0.2) is 54.6 Å². The van der Waals surface area contributed by atoms with Gasteiger partial charge in [0, 0.05) is 17.7 Å². The van der Waals surface area contributed by atoms with Crippen molar-refractivity contribution < 1.29 is 0 Å². The van der Waals surface area contributed by atoms with E-state index in [1.165, 1.54) is 16.7 Å². The van der Waals surface area contributed by atoms with Crippen LogP contribution in [0.4, 0.5) is 11.5 Å². The molecule has 0 fully saturated rings. The number of nitrogens with zero attached hydrogens (tertiary/aromatic N) is 2. The minimum absolute atomic E-state index is 0.533. The lowest BCUT2D eigenvalue weighted by molar-refractivity contribution is 0.867. The van der Waals surface area contributed by atoms with Crippen molar-refractivity contribution in [3.8, 4) is 0 Å². The largest absolute Gasteiger partial charge is 0.338 e. The second-order valence-electron chi connectivity index (χ2n) is 6.92. The van der Waals surface area contributed by atoms with Gasteiger partial charge in [0.15, 0.2) is 5.82 Å². The van der Waals surface area contributed by atoms with E-state index in [1.807, 2.05) is 6.92 Å². The molecule has 3 aromatic rings. The fraction of sp³-hybridized carbons (Fsp3) is 0.273. The van der Waals surface area contributed by atoms with Crippen LogP contribution in [0.25, 0.3) is 0 Å². The Balaban J connectivity index is 1.84. The number of aromatic nitrogens is 2. The van der Waals surface area contributed by atoms with E-state index in [0.717, 1.165) is 29.2 Å². The molecule has 3 heteroatoms. The molecule has 25 heavy (non-hydrogen) atoms. The van der Waals surface area contributed by atoms with Gasteiger partial charge in [0.25, 0.3) is 0 Å². The van der Waals surface area contributed by atoms with Crippen molar-refractivity contribution in [2.45, 2.75) is 40.0 Å². The molecular formula is C22H25N3. The number of benzene rings is 2. The van der Waals surface area contributed by atoms with Gasteiger partial charge in [-0.3, -0.25) is 0 Å². The number of nitrogens with one attached hydrogen (secondary N) is 1. The van der Waals surface area contributed by atoms with Gasteiger partial charge in [-0.1, -0.05) is 55.8 Å². The van der Waals surface area contributed by atoms with Crippen LogP contribution in [-0.4, -0.2) is 10.2 Å². The second-order valence-corrected chi connectivity index (χ2v) is 6.92. The molecule has 1 aromatic heterocycles. The summed E-state index contributed by atoms with van der Waals surface area (Å²) in [6.45, 7) is 8.49. The number of rotatable bonds is 5. The summed E-state index contributed by atoms with van der Waals surface area (Å²) in [6, 6.07) is 19.3. The Bertz CT molecular complexity index is 834. The maximum atomic E-state index is 4.38. The van der Waals surface area contributed by atoms with Gasteiger partial charge >= 0.3 is 0 Å². The highest BCUT2D eigenvalue weighted by Gasteiger charge is 2.08. The maximum Gasteiger partial charge on any atom is 0.156 e. The normalized spacial score (nSPS) is 10.9. The zero-order valence-corrected chi connectivity index (χ0v) is 15.4. The van der Waals surface area contributed by atoms with Crippen LogP contribution in [-0.2, 0) is 6.42 Å². The first-order chi connectivity index (χ1) is 12.0. The lowest BCUT2D eigenvalue weighted by atomic mass is 10.0. The van der Waals surface area contributed by atoms with Crippen molar-refractivity contribution >= 4 is 11.5 Å². The molecule has 0 unspecified atom stereocenters. The molecule has 1 heterocycles. The van der Waals surface area contributed by atoms with Crippen LogP contribution >= 0.6 is 0 Å². The Morgan fingerprint density at radius 3 is 2.20 bits per heavy atom. The SMILES string of the molecule is Cc1ccc(Cc2cc(C)nnc2Nc2ccc(C(C)C)cc2)cc1. The van der Waals surface area contributed by atoms with E-state index in [1.54, 1.807) is 0 Å². The molecule has 1 N–H and O–H groups in total. The van der Waals surface area contributed by atoms with Crippen molar-refractivity contribution in [1.29, 1.82) is 0 Å². The van der Waals surface area contributed by atoms with Gasteiger partial charge < -0.3 is 5.32 Å². The van der Waals surface area contributed by atoms with Gasteiger partial charge in [0.05, 0.1) is 5.69 Å². The monoisotopic (exact) mass is 331 g/mol. The fourth-order valence-corrected chi connectivity index (χ4v) is 2.80. The summed E-state index contributed by atoms with van der Waals surface area (Å²) >= 11 is 0. The summed E-state index contributed by atoms with van der Waals surface area (Å²) in [5.74, 6) is 1.36. The summed E-state index contributed by atoms with van der Waals surface area (Å²) in [5, 5.41) is 12.0. The lowest BCUT2D eigenvalue weighted by Crippen LogP contribution is -2.03. The minimum atomic E-state index is 0.533. The third-order valence-electron chi connectivity index (χ3n) is 4.35. The zero-order valence-electron chi connectivity index (χ0n) is 15.4. The average molecular weight is 331 g/mol. The van der Waals surface area contributed by atoms with Crippen molar-refractivity contribution in [3.63, 3.8) is 0 Å². The van der Waals surface area contributed by atoms with Crippen molar-refractivity contribution in [3.05, 3.63) is 82.5 Å². The number of hydrogen-bond acceptors (Lipinski definition) is 3. The van der Waals surface area contributed by atoms with E-state index < -0.39 is 0 Å². The molecule has 0 atom stereocenters. The predicted octanol–water partition coefficient (Wildman–Crippen LogP) is 5.55. The lowest BCUT2D eigenvalue weighted by Gasteiger charge is -2.12. The van der Waals surface area contributed by atoms with E-state index in [9.17, 15) is 0 Å². The van der Waals surface area contributed by atoms with E-state index in [0.29, 0.717) is 5.92 Å². The number of hydrogen-bond donors (Lipinski definition) is 1. The topological polar surface area (TPSA) is 37.8 Å². The molecule has 0 aliphatic carbocycles. The van der Waals surface area contributed by atoms with Crippen LogP contribution in [0.1, 0.15) is 47.7 Å². The number of anilines is 2.